The van der Waals surface area contributed by atoms with Crippen molar-refractivity contribution in [1.82, 2.24) is 4.90 Å². The van der Waals surface area contributed by atoms with Gasteiger partial charge >= 0.3 is 0 Å². The van der Waals surface area contributed by atoms with E-state index in [9.17, 15) is 4.39 Å². The van der Waals surface area contributed by atoms with E-state index in [4.69, 9.17) is 5.73 Å². The standard InChI is InChI=1S/C17H27FN2/c1-13-5-6-14(11-15(13)18)16(12-19)20-9-4-7-17(2,3)8-10-20/h5-6,11,16H,4,7-10,12,19H2,1-3H3. The fourth-order valence-corrected chi connectivity index (χ4v) is 3.07. The average molecular weight is 278 g/mol. The fraction of sp³-hybridized carbons (Fsp3) is 0.647. The summed E-state index contributed by atoms with van der Waals surface area (Å²) in [6.45, 7) is 9.11. The molecule has 2 nitrogen and oxygen atoms in total. The summed E-state index contributed by atoms with van der Waals surface area (Å²) in [7, 11) is 0. The van der Waals surface area contributed by atoms with Gasteiger partial charge in [0.05, 0.1) is 0 Å². The highest BCUT2D eigenvalue weighted by molar-refractivity contribution is 5.26. The zero-order chi connectivity index (χ0) is 14.8. The maximum absolute atomic E-state index is 13.8. The largest absolute Gasteiger partial charge is 0.329 e. The van der Waals surface area contributed by atoms with Gasteiger partial charge in [0.25, 0.3) is 0 Å². The molecule has 1 aromatic carbocycles. The molecule has 112 valence electrons. The van der Waals surface area contributed by atoms with E-state index in [1.54, 1.807) is 13.0 Å². The van der Waals surface area contributed by atoms with Gasteiger partial charge in [-0.2, -0.15) is 0 Å². The first kappa shape index (κ1) is 15.5. The van der Waals surface area contributed by atoms with Crippen LogP contribution >= 0.6 is 0 Å². The number of aryl methyl sites for hydroxylation is 1. The third-order valence-corrected chi connectivity index (χ3v) is 4.62. The normalized spacial score (nSPS) is 21.4. The summed E-state index contributed by atoms with van der Waals surface area (Å²) in [4.78, 5) is 2.43. The van der Waals surface area contributed by atoms with E-state index in [0.29, 0.717) is 17.5 Å². The predicted molar refractivity (Wildman–Crippen MR) is 82.1 cm³/mol. The van der Waals surface area contributed by atoms with Crippen LogP contribution in [0.1, 0.15) is 50.3 Å². The molecule has 2 N–H and O–H groups in total. The first-order valence-electron chi connectivity index (χ1n) is 7.63. The van der Waals surface area contributed by atoms with Crippen LogP contribution in [0.25, 0.3) is 0 Å². The highest BCUT2D eigenvalue weighted by Crippen LogP contribution is 2.33. The molecule has 2 rings (SSSR count). The minimum Gasteiger partial charge on any atom is -0.329 e. The number of hydrogen-bond acceptors (Lipinski definition) is 2. The van der Waals surface area contributed by atoms with Crippen molar-refractivity contribution >= 4 is 0 Å². The summed E-state index contributed by atoms with van der Waals surface area (Å²) in [6.07, 6.45) is 3.62. The third kappa shape index (κ3) is 3.58. The minimum absolute atomic E-state index is 0.129. The Bertz CT molecular complexity index is 456. The van der Waals surface area contributed by atoms with E-state index in [-0.39, 0.29) is 11.9 Å². The minimum atomic E-state index is -0.129. The second kappa shape index (κ2) is 6.23. The molecule has 1 fully saturated rings. The van der Waals surface area contributed by atoms with E-state index < -0.39 is 0 Å². The Morgan fingerprint density at radius 1 is 1.30 bits per heavy atom. The second-order valence-corrected chi connectivity index (χ2v) is 6.81. The predicted octanol–water partition coefficient (Wildman–Crippen LogP) is 3.65. The van der Waals surface area contributed by atoms with Crippen LogP contribution < -0.4 is 5.73 Å². The lowest BCUT2D eigenvalue weighted by Crippen LogP contribution is -2.35. The van der Waals surface area contributed by atoms with Gasteiger partial charge < -0.3 is 5.73 Å². The Balaban J connectivity index is 2.17. The molecule has 3 heteroatoms. The van der Waals surface area contributed by atoms with Crippen LogP contribution in [0, 0.1) is 18.2 Å². The molecule has 1 aliphatic rings. The van der Waals surface area contributed by atoms with Crippen LogP contribution in [0.15, 0.2) is 18.2 Å². The lowest BCUT2D eigenvalue weighted by molar-refractivity contribution is 0.199. The van der Waals surface area contributed by atoms with E-state index >= 15 is 0 Å². The van der Waals surface area contributed by atoms with Crippen molar-refractivity contribution in [3.63, 3.8) is 0 Å². The number of nitrogens with zero attached hydrogens (tertiary/aromatic N) is 1. The van der Waals surface area contributed by atoms with Gasteiger partial charge in [0.15, 0.2) is 0 Å². The van der Waals surface area contributed by atoms with E-state index in [1.807, 2.05) is 12.1 Å². The van der Waals surface area contributed by atoms with Crippen LogP contribution in [0.4, 0.5) is 4.39 Å². The average Bonchev–Trinajstić information content (AvgIpc) is 2.56. The Kier molecular flexibility index (Phi) is 4.82. The first-order valence-corrected chi connectivity index (χ1v) is 7.63. The molecule has 0 radical (unpaired) electrons. The van der Waals surface area contributed by atoms with Gasteiger partial charge in [-0.05, 0) is 61.9 Å². The van der Waals surface area contributed by atoms with Crippen LogP contribution in [-0.4, -0.2) is 24.5 Å². The smallest absolute Gasteiger partial charge is 0.126 e. The second-order valence-electron chi connectivity index (χ2n) is 6.81. The monoisotopic (exact) mass is 278 g/mol. The molecular weight excluding hydrogens is 251 g/mol. The van der Waals surface area contributed by atoms with Crippen LogP contribution in [0.2, 0.25) is 0 Å². The highest BCUT2D eigenvalue weighted by atomic mass is 19.1. The zero-order valence-electron chi connectivity index (χ0n) is 13.0. The molecule has 0 aliphatic carbocycles. The first-order chi connectivity index (χ1) is 9.43. The molecule has 1 heterocycles. The maximum atomic E-state index is 13.8. The maximum Gasteiger partial charge on any atom is 0.126 e. The fourth-order valence-electron chi connectivity index (χ4n) is 3.07. The summed E-state index contributed by atoms with van der Waals surface area (Å²) in [6, 6.07) is 5.67. The van der Waals surface area contributed by atoms with E-state index in [2.05, 4.69) is 18.7 Å². The summed E-state index contributed by atoms with van der Waals surface area (Å²) in [5.74, 6) is -0.129. The Morgan fingerprint density at radius 2 is 2.05 bits per heavy atom. The van der Waals surface area contributed by atoms with Gasteiger partial charge in [-0.1, -0.05) is 26.0 Å². The number of halogens is 1. The molecule has 1 unspecified atom stereocenters. The van der Waals surface area contributed by atoms with Gasteiger partial charge in [-0.15, -0.1) is 0 Å². The van der Waals surface area contributed by atoms with Gasteiger partial charge in [-0.25, -0.2) is 4.39 Å². The van der Waals surface area contributed by atoms with Crippen molar-refractivity contribution in [2.24, 2.45) is 11.1 Å². The van der Waals surface area contributed by atoms with Crippen LogP contribution in [0.5, 0.6) is 0 Å². The Labute approximate surface area is 122 Å². The van der Waals surface area contributed by atoms with Crippen LogP contribution in [0.3, 0.4) is 0 Å². The number of hydrogen-bond donors (Lipinski definition) is 1. The number of rotatable bonds is 3. The van der Waals surface area contributed by atoms with Gasteiger partial charge in [0, 0.05) is 12.6 Å². The van der Waals surface area contributed by atoms with Crippen molar-refractivity contribution < 1.29 is 4.39 Å². The molecule has 0 bridgehead atoms. The Hall–Kier alpha value is -0.930. The zero-order valence-corrected chi connectivity index (χ0v) is 13.0. The van der Waals surface area contributed by atoms with E-state index in [1.165, 1.54) is 19.3 Å². The lowest BCUT2D eigenvalue weighted by atomic mass is 9.85. The number of nitrogens with two attached hydrogens (primary N) is 1. The van der Waals surface area contributed by atoms with Crippen molar-refractivity contribution in [2.45, 2.75) is 46.1 Å². The summed E-state index contributed by atoms with van der Waals surface area (Å²) < 4.78 is 13.8. The molecular formula is C17H27FN2. The van der Waals surface area contributed by atoms with Crippen molar-refractivity contribution in [1.29, 1.82) is 0 Å². The molecule has 1 aromatic rings. The molecule has 0 aromatic heterocycles. The molecule has 0 spiro atoms. The highest BCUT2D eigenvalue weighted by Gasteiger charge is 2.27. The van der Waals surface area contributed by atoms with Gasteiger partial charge in [-0.3, -0.25) is 4.90 Å². The molecule has 0 saturated carbocycles. The quantitative estimate of drug-likeness (QED) is 0.914. The third-order valence-electron chi connectivity index (χ3n) is 4.62. The molecule has 1 saturated heterocycles. The van der Waals surface area contributed by atoms with E-state index in [0.717, 1.165) is 18.7 Å². The summed E-state index contributed by atoms with van der Waals surface area (Å²) in [5.41, 5.74) is 8.09. The Morgan fingerprint density at radius 3 is 2.70 bits per heavy atom. The number of benzene rings is 1. The lowest BCUT2D eigenvalue weighted by Gasteiger charge is -2.31. The SMILES string of the molecule is Cc1ccc(C(CN)N2CCCC(C)(C)CC2)cc1F. The molecule has 1 aliphatic heterocycles. The van der Waals surface area contributed by atoms with Gasteiger partial charge in [0.1, 0.15) is 5.82 Å². The summed E-state index contributed by atoms with van der Waals surface area (Å²) in [5, 5.41) is 0. The molecule has 20 heavy (non-hydrogen) atoms. The molecule has 1 atom stereocenters. The summed E-state index contributed by atoms with van der Waals surface area (Å²) >= 11 is 0. The molecule has 0 amide bonds. The van der Waals surface area contributed by atoms with Gasteiger partial charge in [0.2, 0.25) is 0 Å². The van der Waals surface area contributed by atoms with Crippen molar-refractivity contribution in [2.75, 3.05) is 19.6 Å². The van der Waals surface area contributed by atoms with Crippen molar-refractivity contribution in [3.05, 3.63) is 35.1 Å². The van der Waals surface area contributed by atoms with Crippen LogP contribution in [-0.2, 0) is 0 Å². The topological polar surface area (TPSA) is 29.3 Å². The number of likely N-dealkylation sites (tertiary alicyclic amines) is 1. The van der Waals surface area contributed by atoms with Crippen molar-refractivity contribution in [3.8, 4) is 0 Å².